The van der Waals surface area contributed by atoms with Crippen molar-refractivity contribution in [1.82, 2.24) is 0 Å². The Labute approximate surface area is 68.9 Å². The van der Waals surface area contributed by atoms with Crippen molar-refractivity contribution in [2.75, 3.05) is 7.11 Å². The van der Waals surface area contributed by atoms with Gasteiger partial charge in [0.15, 0.2) is 0 Å². The minimum Gasteiger partial charge on any atom is -0.504 e. The smallest absolute Gasteiger partial charge is 0.0830 e. The first kappa shape index (κ1) is 8.29. The van der Waals surface area contributed by atoms with E-state index >= 15 is 0 Å². The fraction of sp³-hybridized carbons (Fsp3) is 0.111. The van der Waals surface area contributed by atoms with Gasteiger partial charge in [-0.25, -0.2) is 0 Å². The molecule has 2 heteroatoms. The van der Waals surface area contributed by atoms with Crippen molar-refractivity contribution in [3.05, 3.63) is 42.4 Å². The van der Waals surface area contributed by atoms with Crippen LogP contribution in [-0.2, 0) is 4.74 Å². The molecule has 0 N–H and O–H groups in total. The van der Waals surface area contributed by atoms with Crippen LogP contribution in [-0.4, -0.2) is 7.11 Å². The zero-order valence-electron chi connectivity index (χ0n) is 6.45. The third kappa shape index (κ3) is 3.20. The van der Waals surface area contributed by atoms with Crippen molar-refractivity contribution in [2.24, 2.45) is 0 Å². The Morgan fingerprint density at radius 3 is 2.64 bits per heavy atom. The summed E-state index contributed by atoms with van der Waals surface area (Å²) < 4.78 is 4.79. The number of ether oxygens (including phenoxy) is 1. The molecule has 0 fully saturated rings. The molecule has 0 aliphatic carbocycles. The third-order valence-electron chi connectivity index (χ3n) is 1.23. The van der Waals surface area contributed by atoms with Crippen LogP contribution in [0.25, 0.3) is 0 Å². The van der Waals surface area contributed by atoms with Crippen LogP contribution in [0.15, 0.2) is 42.4 Å². The lowest BCUT2D eigenvalue weighted by Crippen LogP contribution is -1.88. The second kappa shape index (κ2) is 4.92. The van der Waals surface area contributed by atoms with E-state index in [1.165, 1.54) is 5.30 Å². The number of rotatable bonds is 3. The lowest BCUT2D eigenvalue weighted by atomic mass is 10.4. The SMILES string of the molecule is COC=CPc1ccccc1. The number of methoxy groups -OCH3 is 1. The molecule has 11 heavy (non-hydrogen) atoms. The van der Waals surface area contributed by atoms with Gasteiger partial charge in [-0.1, -0.05) is 38.9 Å². The maximum Gasteiger partial charge on any atom is 0.0830 e. The second-order valence-corrected chi connectivity index (χ2v) is 3.25. The first-order valence-electron chi connectivity index (χ1n) is 3.43. The van der Waals surface area contributed by atoms with Gasteiger partial charge in [-0.3, -0.25) is 0 Å². The monoisotopic (exact) mass is 166 g/mol. The molecule has 1 rings (SSSR count). The average Bonchev–Trinajstić information content (AvgIpc) is 2.07. The van der Waals surface area contributed by atoms with Gasteiger partial charge in [-0.15, -0.1) is 0 Å². The molecule has 58 valence electrons. The van der Waals surface area contributed by atoms with Gasteiger partial charge >= 0.3 is 0 Å². The largest absolute Gasteiger partial charge is 0.504 e. The van der Waals surface area contributed by atoms with Gasteiger partial charge in [0.25, 0.3) is 0 Å². The van der Waals surface area contributed by atoms with Crippen LogP contribution in [0.4, 0.5) is 0 Å². The lowest BCUT2D eigenvalue weighted by Gasteiger charge is -1.93. The van der Waals surface area contributed by atoms with Crippen LogP contribution in [0.3, 0.4) is 0 Å². The van der Waals surface area contributed by atoms with E-state index in [1.807, 2.05) is 24.0 Å². The fourth-order valence-electron chi connectivity index (χ4n) is 0.733. The fourth-order valence-corrected chi connectivity index (χ4v) is 1.51. The van der Waals surface area contributed by atoms with Crippen molar-refractivity contribution in [3.63, 3.8) is 0 Å². The van der Waals surface area contributed by atoms with E-state index in [0.717, 1.165) is 0 Å². The summed E-state index contributed by atoms with van der Waals surface area (Å²) in [4.78, 5) is 0. The molecule has 0 amide bonds. The van der Waals surface area contributed by atoms with E-state index in [0.29, 0.717) is 8.58 Å². The van der Waals surface area contributed by atoms with Crippen LogP contribution in [0.2, 0.25) is 0 Å². The third-order valence-corrected chi connectivity index (χ3v) is 2.20. The molecule has 1 nitrogen and oxygen atoms in total. The van der Waals surface area contributed by atoms with Crippen LogP contribution >= 0.6 is 8.58 Å². The quantitative estimate of drug-likeness (QED) is 0.493. The molecule has 0 bridgehead atoms. The van der Waals surface area contributed by atoms with Gasteiger partial charge in [0.1, 0.15) is 0 Å². The van der Waals surface area contributed by atoms with Gasteiger partial charge in [0.2, 0.25) is 0 Å². The molecular formula is C9H11OP. The van der Waals surface area contributed by atoms with Gasteiger partial charge in [-0.2, -0.15) is 0 Å². The van der Waals surface area contributed by atoms with Crippen LogP contribution in [0.5, 0.6) is 0 Å². The van der Waals surface area contributed by atoms with Gasteiger partial charge in [-0.05, 0) is 11.1 Å². The predicted molar refractivity (Wildman–Crippen MR) is 50.5 cm³/mol. The highest BCUT2D eigenvalue weighted by Gasteiger charge is 1.83. The van der Waals surface area contributed by atoms with E-state index in [2.05, 4.69) is 12.1 Å². The zero-order valence-corrected chi connectivity index (χ0v) is 7.45. The standard InChI is InChI=1S/C9H11OP/c1-10-7-8-11-9-5-3-2-4-6-9/h2-8,11H,1H3. The van der Waals surface area contributed by atoms with Crippen molar-refractivity contribution < 1.29 is 4.74 Å². The number of hydrogen-bond acceptors (Lipinski definition) is 1. The summed E-state index contributed by atoms with van der Waals surface area (Å²) in [6.07, 6.45) is 1.71. The highest BCUT2D eigenvalue weighted by Crippen LogP contribution is 2.10. The Balaban J connectivity index is 2.45. The molecule has 1 aromatic carbocycles. The summed E-state index contributed by atoms with van der Waals surface area (Å²) in [5.41, 5.74) is 0. The minimum absolute atomic E-state index is 0.706. The first-order chi connectivity index (χ1) is 5.43. The molecule has 0 aromatic heterocycles. The Kier molecular flexibility index (Phi) is 3.71. The number of hydrogen-bond donors (Lipinski definition) is 0. The Morgan fingerprint density at radius 2 is 2.00 bits per heavy atom. The van der Waals surface area contributed by atoms with Gasteiger partial charge in [0.05, 0.1) is 13.4 Å². The predicted octanol–water partition coefficient (Wildman–Crippen LogP) is 2.11. The van der Waals surface area contributed by atoms with Crippen molar-refractivity contribution in [2.45, 2.75) is 0 Å². The minimum atomic E-state index is 0.706. The normalized spacial score (nSPS) is 11.4. The molecule has 0 heterocycles. The van der Waals surface area contributed by atoms with Gasteiger partial charge < -0.3 is 4.74 Å². The summed E-state index contributed by atoms with van der Waals surface area (Å²) in [6, 6.07) is 10.3. The van der Waals surface area contributed by atoms with Crippen LogP contribution < -0.4 is 5.30 Å². The van der Waals surface area contributed by atoms with E-state index < -0.39 is 0 Å². The maximum atomic E-state index is 4.79. The zero-order chi connectivity index (χ0) is 7.94. The first-order valence-corrected chi connectivity index (χ1v) is 4.50. The number of benzene rings is 1. The van der Waals surface area contributed by atoms with Crippen molar-refractivity contribution >= 4 is 13.9 Å². The molecule has 1 aromatic rings. The van der Waals surface area contributed by atoms with Crippen LogP contribution in [0, 0.1) is 0 Å². The highest BCUT2D eigenvalue weighted by atomic mass is 31.1. The molecule has 0 aliphatic rings. The van der Waals surface area contributed by atoms with E-state index in [-0.39, 0.29) is 0 Å². The highest BCUT2D eigenvalue weighted by molar-refractivity contribution is 7.50. The Hall–Kier alpha value is -0.810. The Bertz CT molecular complexity index is 218. The molecule has 0 saturated carbocycles. The molecule has 0 radical (unpaired) electrons. The van der Waals surface area contributed by atoms with E-state index in [4.69, 9.17) is 4.74 Å². The Morgan fingerprint density at radius 1 is 1.27 bits per heavy atom. The van der Waals surface area contributed by atoms with E-state index in [9.17, 15) is 0 Å². The summed E-state index contributed by atoms with van der Waals surface area (Å²) in [6.45, 7) is 0. The van der Waals surface area contributed by atoms with Crippen molar-refractivity contribution in [3.8, 4) is 0 Å². The van der Waals surface area contributed by atoms with Crippen molar-refractivity contribution in [1.29, 1.82) is 0 Å². The summed E-state index contributed by atoms with van der Waals surface area (Å²) >= 11 is 0. The lowest BCUT2D eigenvalue weighted by molar-refractivity contribution is 0.339. The molecule has 0 saturated heterocycles. The average molecular weight is 166 g/mol. The second-order valence-electron chi connectivity index (χ2n) is 2.05. The topological polar surface area (TPSA) is 9.23 Å². The molecule has 1 unspecified atom stereocenters. The molecule has 0 aliphatic heterocycles. The van der Waals surface area contributed by atoms with Crippen LogP contribution in [0.1, 0.15) is 0 Å². The molecule has 0 spiro atoms. The van der Waals surface area contributed by atoms with Gasteiger partial charge in [0, 0.05) is 0 Å². The molecular weight excluding hydrogens is 155 g/mol. The maximum absolute atomic E-state index is 4.79. The molecule has 1 atom stereocenters. The summed E-state index contributed by atoms with van der Waals surface area (Å²) in [5.74, 6) is 2.02. The van der Waals surface area contributed by atoms with E-state index in [1.54, 1.807) is 13.4 Å². The summed E-state index contributed by atoms with van der Waals surface area (Å²) in [5, 5.41) is 1.33. The summed E-state index contributed by atoms with van der Waals surface area (Å²) in [7, 11) is 2.36.